The van der Waals surface area contributed by atoms with Crippen LogP contribution in [0.15, 0.2) is 24.3 Å². The monoisotopic (exact) mass is 333 g/mol. The minimum atomic E-state index is 0.0895. The maximum Gasteiger partial charge on any atom is 0.220 e. The summed E-state index contributed by atoms with van der Waals surface area (Å²) in [5, 5.41) is 4.18. The van der Waals surface area contributed by atoms with Crippen molar-refractivity contribution in [2.45, 2.75) is 33.1 Å². The van der Waals surface area contributed by atoms with E-state index in [4.69, 9.17) is 0 Å². The standard InChI is InChI=1S/C18H27N3OS/c1-18(2,13-21(3)4)12-19-16(22)10-7-11-17-20-14-8-5-6-9-15(14)23-17/h5-6,8-9H,7,10-13H2,1-4H3,(H,19,22). The van der Waals surface area contributed by atoms with Crippen LogP contribution in [0.25, 0.3) is 10.2 Å². The summed E-state index contributed by atoms with van der Waals surface area (Å²) in [7, 11) is 4.11. The number of rotatable bonds is 8. The molecular formula is C18H27N3OS. The van der Waals surface area contributed by atoms with Crippen molar-refractivity contribution < 1.29 is 4.79 Å². The molecule has 1 N–H and O–H groups in total. The predicted molar refractivity (Wildman–Crippen MR) is 97.9 cm³/mol. The lowest BCUT2D eigenvalue weighted by molar-refractivity contribution is -0.121. The number of benzene rings is 1. The quantitative estimate of drug-likeness (QED) is 0.806. The lowest BCUT2D eigenvalue weighted by Gasteiger charge is -2.28. The van der Waals surface area contributed by atoms with Crippen LogP contribution in [0, 0.1) is 5.41 Å². The molecule has 2 aromatic rings. The molecule has 126 valence electrons. The average Bonchev–Trinajstić information content (AvgIpc) is 2.86. The van der Waals surface area contributed by atoms with E-state index < -0.39 is 0 Å². The Morgan fingerprint density at radius 3 is 2.74 bits per heavy atom. The van der Waals surface area contributed by atoms with Crippen molar-refractivity contribution in [3.63, 3.8) is 0 Å². The van der Waals surface area contributed by atoms with E-state index in [1.807, 2.05) is 18.2 Å². The number of fused-ring (bicyclic) bond motifs is 1. The molecule has 0 aliphatic heterocycles. The first-order valence-electron chi connectivity index (χ1n) is 8.12. The fourth-order valence-electron chi connectivity index (χ4n) is 2.77. The first-order valence-corrected chi connectivity index (χ1v) is 8.93. The molecule has 0 bridgehead atoms. The van der Waals surface area contributed by atoms with Gasteiger partial charge in [0.15, 0.2) is 0 Å². The van der Waals surface area contributed by atoms with Gasteiger partial charge in [0.2, 0.25) is 5.91 Å². The molecule has 0 spiro atoms. The smallest absolute Gasteiger partial charge is 0.220 e. The highest BCUT2D eigenvalue weighted by atomic mass is 32.1. The van der Waals surface area contributed by atoms with Crippen LogP contribution >= 0.6 is 11.3 Å². The zero-order valence-corrected chi connectivity index (χ0v) is 15.4. The number of hydrogen-bond acceptors (Lipinski definition) is 4. The molecule has 0 aliphatic rings. The van der Waals surface area contributed by atoms with Gasteiger partial charge in [0, 0.05) is 19.5 Å². The van der Waals surface area contributed by atoms with E-state index in [1.165, 1.54) is 4.70 Å². The Morgan fingerprint density at radius 2 is 2.04 bits per heavy atom. The Hall–Kier alpha value is -1.46. The lowest BCUT2D eigenvalue weighted by atomic mass is 9.93. The number of amides is 1. The van der Waals surface area contributed by atoms with Gasteiger partial charge in [0.1, 0.15) is 0 Å². The van der Waals surface area contributed by atoms with Crippen LogP contribution in [-0.4, -0.2) is 43.0 Å². The van der Waals surface area contributed by atoms with Crippen molar-refractivity contribution in [2.75, 3.05) is 27.2 Å². The molecule has 1 amide bonds. The third-order valence-corrected chi connectivity index (χ3v) is 4.74. The summed E-state index contributed by atoms with van der Waals surface area (Å²) < 4.78 is 1.22. The van der Waals surface area contributed by atoms with Crippen LogP contribution in [-0.2, 0) is 11.2 Å². The van der Waals surface area contributed by atoms with Gasteiger partial charge < -0.3 is 10.2 Å². The van der Waals surface area contributed by atoms with Crippen LogP contribution in [0.2, 0.25) is 0 Å². The van der Waals surface area contributed by atoms with Gasteiger partial charge in [-0.25, -0.2) is 4.98 Å². The predicted octanol–water partition coefficient (Wildman–Crippen LogP) is 3.32. The Morgan fingerprint density at radius 1 is 1.30 bits per heavy atom. The normalized spacial score (nSPS) is 12.0. The molecule has 2 rings (SSSR count). The first kappa shape index (κ1) is 17.9. The lowest BCUT2D eigenvalue weighted by Crippen LogP contribution is -2.39. The topological polar surface area (TPSA) is 45.2 Å². The number of para-hydroxylation sites is 1. The third kappa shape index (κ3) is 5.92. The van der Waals surface area contributed by atoms with Gasteiger partial charge >= 0.3 is 0 Å². The number of aromatic nitrogens is 1. The highest BCUT2D eigenvalue weighted by Crippen LogP contribution is 2.22. The van der Waals surface area contributed by atoms with Gasteiger partial charge in [0.25, 0.3) is 0 Å². The number of nitrogens with zero attached hydrogens (tertiary/aromatic N) is 2. The Kier molecular flexibility index (Phi) is 6.13. The minimum Gasteiger partial charge on any atom is -0.356 e. The molecule has 5 heteroatoms. The molecule has 0 saturated carbocycles. The fraction of sp³-hybridized carbons (Fsp3) is 0.556. The molecule has 1 aromatic carbocycles. The first-order chi connectivity index (χ1) is 10.9. The van der Waals surface area contributed by atoms with Crippen molar-refractivity contribution in [3.05, 3.63) is 29.3 Å². The van der Waals surface area contributed by atoms with Gasteiger partial charge in [-0.3, -0.25) is 4.79 Å². The van der Waals surface area contributed by atoms with Gasteiger partial charge in [-0.1, -0.05) is 26.0 Å². The average molecular weight is 334 g/mol. The zero-order chi connectivity index (χ0) is 16.9. The number of carbonyl (C=O) groups excluding carboxylic acids is 1. The minimum absolute atomic E-state index is 0.0895. The van der Waals surface area contributed by atoms with Crippen molar-refractivity contribution >= 4 is 27.5 Å². The number of carbonyl (C=O) groups is 1. The molecule has 1 heterocycles. The van der Waals surface area contributed by atoms with Crippen LogP contribution in [0.4, 0.5) is 0 Å². The number of hydrogen-bond donors (Lipinski definition) is 1. The van der Waals surface area contributed by atoms with E-state index in [0.29, 0.717) is 13.0 Å². The molecule has 0 radical (unpaired) electrons. The van der Waals surface area contributed by atoms with Crippen molar-refractivity contribution in [3.8, 4) is 0 Å². The van der Waals surface area contributed by atoms with Crippen LogP contribution < -0.4 is 5.32 Å². The second-order valence-corrected chi connectivity index (χ2v) is 8.22. The fourth-order valence-corrected chi connectivity index (χ4v) is 3.77. The van der Waals surface area contributed by atoms with Gasteiger partial charge in [0.05, 0.1) is 15.2 Å². The summed E-state index contributed by atoms with van der Waals surface area (Å²) in [5.74, 6) is 0.137. The number of aryl methyl sites for hydroxylation is 1. The number of nitrogens with one attached hydrogen (secondary N) is 1. The van der Waals surface area contributed by atoms with Gasteiger partial charge in [-0.05, 0) is 44.5 Å². The Balaban J connectivity index is 1.72. The van der Waals surface area contributed by atoms with Crippen LogP contribution in [0.5, 0.6) is 0 Å². The molecule has 0 atom stereocenters. The van der Waals surface area contributed by atoms with Crippen LogP contribution in [0.3, 0.4) is 0 Å². The summed E-state index contributed by atoms with van der Waals surface area (Å²) in [6.07, 6.45) is 2.28. The molecule has 1 aromatic heterocycles. The molecule has 0 fully saturated rings. The third-order valence-electron chi connectivity index (χ3n) is 3.64. The van der Waals surface area contributed by atoms with Crippen molar-refractivity contribution in [2.24, 2.45) is 5.41 Å². The molecule has 0 aliphatic carbocycles. The van der Waals surface area contributed by atoms with Crippen molar-refractivity contribution in [1.29, 1.82) is 0 Å². The highest BCUT2D eigenvalue weighted by Gasteiger charge is 2.19. The van der Waals surface area contributed by atoms with Crippen molar-refractivity contribution in [1.82, 2.24) is 15.2 Å². The summed E-state index contributed by atoms with van der Waals surface area (Å²) in [6, 6.07) is 8.17. The Labute approximate surface area is 142 Å². The van der Waals surface area contributed by atoms with E-state index in [-0.39, 0.29) is 11.3 Å². The molecule has 23 heavy (non-hydrogen) atoms. The highest BCUT2D eigenvalue weighted by molar-refractivity contribution is 7.18. The largest absolute Gasteiger partial charge is 0.356 e. The van der Waals surface area contributed by atoms with E-state index in [2.05, 4.69) is 49.2 Å². The summed E-state index contributed by atoms with van der Waals surface area (Å²) in [5.41, 5.74) is 1.15. The summed E-state index contributed by atoms with van der Waals surface area (Å²) in [6.45, 7) is 6.02. The maximum atomic E-state index is 12.0. The molecule has 0 unspecified atom stereocenters. The van der Waals surface area contributed by atoms with E-state index >= 15 is 0 Å². The summed E-state index contributed by atoms with van der Waals surface area (Å²) >= 11 is 1.73. The molecule has 0 saturated heterocycles. The van der Waals surface area contributed by atoms with Gasteiger partial charge in [-0.15, -0.1) is 11.3 Å². The molecule has 4 nitrogen and oxygen atoms in total. The van der Waals surface area contributed by atoms with E-state index in [0.717, 1.165) is 29.9 Å². The maximum absolute atomic E-state index is 12.0. The number of thiazole rings is 1. The van der Waals surface area contributed by atoms with E-state index in [9.17, 15) is 4.79 Å². The van der Waals surface area contributed by atoms with Gasteiger partial charge in [-0.2, -0.15) is 0 Å². The second kappa shape index (κ2) is 7.88. The van der Waals surface area contributed by atoms with E-state index in [1.54, 1.807) is 11.3 Å². The molecular weight excluding hydrogens is 306 g/mol. The second-order valence-electron chi connectivity index (χ2n) is 7.11. The Bertz CT molecular complexity index is 616. The zero-order valence-electron chi connectivity index (χ0n) is 14.6. The van der Waals surface area contributed by atoms with Crippen LogP contribution in [0.1, 0.15) is 31.7 Å². The SMILES string of the molecule is CN(C)CC(C)(C)CNC(=O)CCCc1nc2ccccc2s1. The summed E-state index contributed by atoms with van der Waals surface area (Å²) in [4.78, 5) is 18.8.